The Morgan fingerprint density at radius 2 is 2.31 bits per heavy atom. The van der Waals surface area contributed by atoms with Crippen LogP contribution in [-0.2, 0) is 0 Å². The van der Waals surface area contributed by atoms with Gasteiger partial charge in [-0.2, -0.15) is 0 Å². The second-order valence-corrected chi connectivity index (χ2v) is 3.59. The van der Waals surface area contributed by atoms with E-state index >= 15 is 0 Å². The van der Waals surface area contributed by atoms with Crippen LogP contribution in [0.5, 0.6) is 5.88 Å². The van der Waals surface area contributed by atoms with Crippen LogP contribution in [0, 0.1) is 6.92 Å². The molecule has 3 nitrogen and oxygen atoms in total. The Balaban J connectivity index is 1.98. The summed E-state index contributed by atoms with van der Waals surface area (Å²) < 4.78 is 5.70. The summed E-state index contributed by atoms with van der Waals surface area (Å²) in [6.07, 6.45) is 2.10. The average molecular weight is 178 g/mol. The number of rotatable bonds is 2. The first-order valence-corrected chi connectivity index (χ1v) is 4.52. The fraction of sp³-hybridized carbons (Fsp3) is 0.500. The summed E-state index contributed by atoms with van der Waals surface area (Å²) in [5, 5.41) is 0. The number of aryl methyl sites for hydroxylation is 1. The second kappa shape index (κ2) is 3.34. The van der Waals surface area contributed by atoms with Crippen LogP contribution in [0.15, 0.2) is 18.3 Å². The largest absolute Gasteiger partial charge is 0.471 e. The van der Waals surface area contributed by atoms with Gasteiger partial charge in [0, 0.05) is 24.8 Å². The lowest BCUT2D eigenvalue weighted by Crippen LogP contribution is -2.51. The Hall–Kier alpha value is -1.09. The molecule has 0 atom stereocenters. The van der Waals surface area contributed by atoms with Gasteiger partial charge < -0.3 is 4.74 Å². The van der Waals surface area contributed by atoms with Crippen LogP contribution in [0.2, 0.25) is 0 Å². The molecule has 1 aromatic rings. The van der Waals surface area contributed by atoms with Crippen molar-refractivity contribution in [1.29, 1.82) is 0 Å². The van der Waals surface area contributed by atoms with Crippen LogP contribution in [0.1, 0.15) is 5.56 Å². The summed E-state index contributed by atoms with van der Waals surface area (Å²) in [5.74, 6) is 0.778. The first kappa shape index (κ1) is 8.51. The maximum atomic E-state index is 5.70. The highest BCUT2D eigenvalue weighted by Gasteiger charge is 2.25. The maximum Gasteiger partial charge on any atom is 0.216 e. The van der Waals surface area contributed by atoms with Crippen LogP contribution < -0.4 is 4.74 Å². The number of hydrogen-bond donors (Lipinski definition) is 0. The van der Waals surface area contributed by atoms with Gasteiger partial charge in [-0.05, 0) is 20.0 Å². The Morgan fingerprint density at radius 1 is 1.54 bits per heavy atom. The zero-order valence-electron chi connectivity index (χ0n) is 8.03. The predicted molar refractivity (Wildman–Crippen MR) is 50.9 cm³/mol. The molecule has 0 unspecified atom stereocenters. The molecular formula is C10H14N2O. The molecule has 0 aliphatic carbocycles. The van der Waals surface area contributed by atoms with Gasteiger partial charge in [0.1, 0.15) is 6.10 Å². The van der Waals surface area contributed by atoms with E-state index in [0.717, 1.165) is 24.5 Å². The first-order chi connectivity index (χ1) is 6.25. The summed E-state index contributed by atoms with van der Waals surface area (Å²) in [7, 11) is 2.09. The molecule has 1 aliphatic rings. The third kappa shape index (κ3) is 1.80. The molecule has 2 heterocycles. The van der Waals surface area contributed by atoms with Crippen LogP contribution in [-0.4, -0.2) is 36.1 Å². The number of hydrogen-bond acceptors (Lipinski definition) is 3. The van der Waals surface area contributed by atoms with Crippen LogP contribution in [0.25, 0.3) is 0 Å². The molecule has 0 N–H and O–H groups in total. The van der Waals surface area contributed by atoms with E-state index < -0.39 is 0 Å². The lowest BCUT2D eigenvalue weighted by Gasteiger charge is -2.35. The van der Waals surface area contributed by atoms with Crippen molar-refractivity contribution in [2.45, 2.75) is 13.0 Å². The topological polar surface area (TPSA) is 25.4 Å². The summed E-state index contributed by atoms with van der Waals surface area (Å²) in [5.41, 5.74) is 1.11. The lowest BCUT2D eigenvalue weighted by molar-refractivity contribution is 0.0350. The number of nitrogens with zero attached hydrogens (tertiary/aromatic N) is 2. The third-order valence-corrected chi connectivity index (χ3v) is 2.27. The fourth-order valence-corrected chi connectivity index (χ4v) is 1.47. The summed E-state index contributed by atoms with van der Waals surface area (Å²) in [4.78, 5) is 6.41. The standard InChI is InChI=1S/C10H14N2O/c1-8-4-3-5-11-10(8)13-9-6-12(2)7-9/h3-5,9H,6-7H2,1-2H3. The van der Waals surface area contributed by atoms with Gasteiger partial charge in [0.25, 0.3) is 0 Å². The smallest absolute Gasteiger partial charge is 0.216 e. The molecule has 0 aromatic carbocycles. The minimum absolute atomic E-state index is 0.332. The molecule has 1 aromatic heterocycles. The van der Waals surface area contributed by atoms with Crippen molar-refractivity contribution >= 4 is 0 Å². The zero-order chi connectivity index (χ0) is 9.26. The third-order valence-electron chi connectivity index (χ3n) is 2.27. The normalized spacial score (nSPS) is 18.3. The predicted octanol–water partition coefficient (Wildman–Crippen LogP) is 1.08. The van der Waals surface area contributed by atoms with Crippen molar-refractivity contribution in [2.75, 3.05) is 20.1 Å². The molecule has 1 aliphatic heterocycles. The molecule has 2 rings (SSSR count). The number of ether oxygens (including phenoxy) is 1. The van der Waals surface area contributed by atoms with Gasteiger partial charge in [-0.25, -0.2) is 4.98 Å². The van der Waals surface area contributed by atoms with Crippen molar-refractivity contribution in [1.82, 2.24) is 9.88 Å². The Labute approximate surface area is 78.3 Å². The molecule has 3 heteroatoms. The van der Waals surface area contributed by atoms with E-state index in [1.54, 1.807) is 6.20 Å². The van der Waals surface area contributed by atoms with Gasteiger partial charge in [0.2, 0.25) is 5.88 Å². The van der Waals surface area contributed by atoms with E-state index in [9.17, 15) is 0 Å². The van der Waals surface area contributed by atoms with Crippen molar-refractivity contribution in [3.8, 4) is 5.88 Å². The number of likely N-dealkylation sites (tertiary alicyclic amines) is 1. The SMILES string of the molecule is Cc1cccnc1OC1CN(C)C1. The van der Waals surface area contributed by atoms with Gasteiger partial charge >= 0.3 is 0 Å². The summed E-state index contributed by atoms with van der Waals surface area (Å²) in [6, 6.07) is 3.94. The molecule has 0 amide bonds. The van der Waals surface area contributed by atoms with E-state index in [1.165, 1.54) is 0 Å². The van der Waals surface area contributed by atoms with Gasteiger partial charge in [-0.3, -0.25) is 4.90 Å². The highest BCUT2D eigenvalue weighted by Crippen LogP contribution is 2.17. The van der Waals surface area contributed by atoms with E-state index in [2.05, 4.69) is 16.9 Å². The van der Waals surface area contributed by atoms with Crippen molar-refractivity contribution < 1.29 is 4.74 Å². The molecule has 70 valence electrons. The van der Waals surface area contributed by atoms with E-state index in [-0.39, 0.29) is 0 Å². The van der Waals surface area contributed by atoms with Crippen LogP contribution in [0.3, 0.4) is 0 Å². The summed E-state index contributed by atoms with van der Waals surface area (Å²) >= 11 is 0. The van der Waals surface area contributed by atoms with Crippen molar-refractivity contribution in [3.63, 3.8) is 0 Å². The van der Waals surface area contributed by atoms with Crippen molar-refractivity contribution in [3.05, 3.63) is 23.9 Å². The van der Waals surface area contributed by atoms with Gasteiger partial charge in [-0.1, -0.05) is 6.07 Å². The highest BCUT2D eigenvalue weighted by molar-refractivity contribution is 5.23. The molecule has 13 heavy (non-hydrogen) atoms. The Bertz CT molecular complexity index is 295. The van der Waals surface area contributed by atoms with Gasteiger partial charge in [0.05, 0.1) is 0 Å². The lowest BCUT2D eigenvalue weighted by atomic mass is 10.2. The minimum atomic E-state index is 0.332. The maximum absolute atomic E-state index is 5.70. The van der Waals surface area contributed by atoms with Gasteiger partial charge in [-0.15, -0.1) is 0 Å². The second-order valence-electron chi connectivity index (χ2n) is 3.59. The molecule has 1 fully saturated rings. The number of pyridine rings is 1. The average Bonchev–Trinajstić information content (AvgIpc) is 2.06. The Kier molecular flexibility index (Phi) is 2.19. The summed E-state index contributed by atoms with van der Waals surface area (Å²) in [6.45, 7) is 4.04. The molecule has 0 bridgehead atoms. The van der Waals surface area contributed by atoms with Crippen LogP contribution >= 0.6 is 0 Å². The number of likely N-dealkylation sites (N-methyl/N-ethyl adjacent to an activating group) is 1. The fourth-order valence-electron chi connectivity index (χ4n) is 1.47. The molecule has 0 radical (unpaired) electrons. The monoisotopic (exact) mass is 178 g/mol. The highest BCUT2D eigenvalue weighted by atomic mass is 16.5. The molecule has 0 saturated carbocycles. The molecule has 1 saturated heterocycles. The van der Waals surface area contributed by atoms with Gasteiger partial charge in [0.15, 0.2) is 0 Å². The van der Waals surface area contributed by atoms with Crippen LogP contribution in [0.4, 0.5) is 0 Å². The van der Waals surface area contributed by atoms with Crippen molar-refractivity contribution in [2.24, 2.45) is 0 Å². The minimum Gasteiger partial charge on any atom is -0.471 e. The van der Waals surface area contributed by atoms with E-state index in [4.69, 9.17) is 4.74 Å². The Morgan fingerprint density at radius 3 is 2.92 bits per heavy atom. The molecular weight excluding hydrogens is 164 g/mol. The van der Waals surface area contributed by atoms with E-state index in [0.29, 0.717) is 6.10 Å². The quantitative estimate of drug-likeness (QED) is 0.677. The number of aromatic nitrogens is 1. The van der Waals surface area contributed by atoms with E-state index in [1.807, 2.05) is 19.1 Å². The molecule has 0 spiro atoms. The first-order valence-electron chi connectivity index (χ1n) is 4.52. The zero-order valence-corrected chi connectivity index (χ0v) is 8.03.